The third-order valence-corrected chi connectivity index (χ3v) is 5.12. The second-order valence-corrected chi connectivity index (χ2v) is 6.52. The van der Waals surface area contributed by atoms with E-state index in [4.69, 9.17) is 0 Å². The van der Waals surface area contributed by atoms with Gasteiger partial charge in [0.05, 0.1) is 0 Å². The van der Waals surface area contributed by atoms with E-state index in [1.807, 2.05) is 23.1 Å². The van der Waals surface area contributed by atoms with Crippen molar-refractivity contribution in [2.45, 2.75) is 25.3 Å². The molecule has 2 heterocycles. The Morgan fingerprint density at radius 3 is 2.83 bits per heavy atom. The molecule has 1 N–H and O–H groups in total. The van der Waals surface area contributed by atoms with Crippen LogP contribution in [0.2, 0.25) is 0 Å². The smallest absolute Gasteiger partial charge is 0.254 e. The van der Waals surface area contributed by atoms with Crippen molar-refractivity contribution in [3.05, 3.63) is 70.8 Å². The van der Waals surface area contributed by atoms with Gasteiger partial charge in [-0.05, 0) is 42.1 Å². The van der Waals surface area contributed by atoms with E-state index in [1.165, 1.54) is 16.7 Å². The number of likely N-dealkylation sites (tertiary alicyclic amines) is 1. The van der Waals surface area contributed by atoms with Crippen LogP contribution >= 0.6 is 0 Å². The van der Waals surface area contributed by atoms with E-state index in [9.17, 15) is 4.79 Å². The van der Waals surface area contributed by atoms with Gasteiger partial charge in [-0.3, -0.25) is 4.79 Å². The predicted molar refractivity (Wildman–Crippen MR) is 91.6 cm³/mol. The Morgan fingerprint density at radius 2 is 1.96 bits per heavy atom. The molecule has 3 nitrogen and oxygen atoms in total. The first-order chi connectivity index (χ1) is 11.3. The molecule has 0 aliphatic carbocycles. The first kappa shape index (κ1) is 14.5. The van der Waals surface area contributed by atoms with E-state index in [2.05, 4.69) is 35.6 Å². The van der Waals surface area contributed by atoms with E-state index in [1.54, 1.807) is 0 Å². The van der Waals surface area contributed by atoms with Gasteiger partial charge in [0.2, 0.25) is 0 Å². The van der Waals surface area contributed by atoms with Gasteiger partial charge in [-0.1, -0.05) is 42.5 Å². The topological polar surface area (TPSA) is 32.3 Å². The summed E-state index contributed by atoms with van der Waals surface area (Å²) < 4.78 is 0. The zero-order valence-electron chi connectivity index (χ0n) is 13.3. The molecule has 3 heteroatoms. The Bertz CT molecular complexity index is 711. The minimum atomic E-state index is 0.198. The van der Waals surface area contributed by atoms with Crippen LogP contribution in [0, 0.1) is 0 Å². The van der Waals surface area contributed by atoms with Crippen LogP contribution in [0.1, 0.15) is 39.4 Å². The van der Waals surface area contributed by atoms with Crippen LogP contribution in [0.25, 0.3) is 0 Å². The first-order valence-corrected chi connectivity index (χ1v) is 8.48. The number of carbonyl (C=O) groups is 1. The summed E-state index contributed by atoms with van der Waals surface area (Å²) in [5.74, 6) is 0.668. The van der Waals surface area contributed by atoms with Crippen molar-refractivity contribution in [1.29, 1.82) is 0 Å². The normalized spacial score (nSPS) is 20.3. The van der Waals surface area contributed by atoms with Gasteiger partial charge in [-0.15, -0.1) is 0 Å². The van der Waals surface area contributed by atoms with Gasteiger partial charge in [0, 0.05) is 31.1 Å². The molecule has 0 bridgehead atoms. The lowest BCUT2D eigenvalue weighted by atomic mass is 9.95. The van der Waals surface area contributed by atoms with Gasteiger partial charge in [-0.2, -0.15) is 0 Å². The van der Waals surface area contributed by atoms with Gasteiger partial charge in [0.15, 0.2) is 0 Å². The highest BCUT2D eigenvalue weighted by Crippen LogP contribution is 2.29. The second kappa shape index (κ2) is 6.17. The molecule has 1 saturated heterocycles. The third-order valence-electron chi connectivity index (χ3n) is 5.12. The molecule has 118 valence electrons. The molecule has 2 aliphatic heterocycles. The number of rotatable bonds is 2. The number of nitrogens with zero attached hydrogens (tertiary/aromatic N) is 1. The Hall–Kier alpha value is -2.13. The summed E-state index contributed by atoms with van der Waals surface area (Å²) in [5.41, 5.74) is 4.77. The zero-order chi connectivity index (χ0) is 15.6. The Morgan fingerprint density at radius 1 is 1.09 bits per heavy atom. The van der Waals surface area contributed by atoms with Crippen molar-refractivity contribution < 1.29 is 4.79 Å². The third kappa shape index (κ3) is 2.77. The summed E-state index contributed by atoms with van der Waals surface area (Å²) in [5, 5.41) is 3.39. The average molecular weight is 306 g/mol. The number of hydrogen-bond donors (Lipinski definition) is 1. The Labute approximate surface area is 137 Å². The summed E-state index contributed by atoms with van der Waals surface area (Å²) in [6, 6.07) is 16.7. The molecule has 0 saturated carbocycles. The summed E-state index contributed by atoms with van der Waals surface area (Å²) in [6.07, 6.45) is 2.08. The molecule has 0 spiro atoms. The van der Waals surface area contributed by atoms with Crippen LogP contribution in [-0.4, -0.2) is 30.4 Å². The van der Waals surface area contributed by atoms with E-state index >= 15 is 0 Å². The van der Waals surface area contributed by atoms with E-state index < -0.39 is 0 Å². The van der Waals surface area contributed by atoms with E-state index in [0.29, 0.717) is 5.92 Å². The molecule has 23 heavy (non-hydrogen) atoms. The molecular formula is C20H22N2O. The molecule has 2 aromatic rings. The first-order valence-electron chi connectivity index (χ1n) is 8.48. The molecule has 0 aromatic heterocycles. The number of carbonyl (C=O) groups excluding carboxylic acids is 1. The van der Waals surface area contributed by atoms with Crippen molar-refractivity contribution in [1.82, 2.24) is 10.2 Å². The maximum absolute atomic E-state index is 13.0. The largest absolute Gasteiger partial charge is 0.338 e. The summed E-state index contributed by atoms with van der Waals surface area (Å²) in [6.45, 7) is 3.51. The lowest BCUT2D eigenvalue weighted by Gasteiger charge is -2.23. The maximum Gasteiger partial charge on any atom is 0.254 e. The number of hydrogen-bond acceptors (Lipinski definition) is 2. The van der Waals surface area contributed by atoms with Crippen LogP contribution in [0.3, 0.4) is 0 Å². The number of benzene rings is 2. The molecule has 1 fully saturated rings. The second-order valence-electron chi connectivity index (χ2n) is 6.52. The summed E-state index contributed by atoms with van der Waals surface area (Å²) in [4.78, 5) is 15.0. The quantitative estimate of drug-likeness (QED) is 0.925. The minimum absolute atomic E-state index is 0.198. The molecule has 0 radical (unpaired) electrons. The lowest BCUT2D eigenvalue weighted by Crippen LogP contribution is -2.32. The van der Waals surface area contributed by atoms with Crippen molar-refractivity contribution in [3.63, 3.8) is 0 Å². The van der Waals surface area contributed by atoms with E-state index in [0.717, 1.165) is 44.6 Å². The lowest BCUT2D eigenvalue weighted by molar-refractivity contribution is 0.0789. The van der Waals surface area contributed by atoms with Crippen LogP contribution in [0.4, 0.5) is 0 Å². The van der Waals surface area contributed by atoms with Crippen LogP contribution in [0.15, 0.2) is 48.5 Å². The SMILES string of the molecule is O=C(c1cccc2c1CNCC2)N1CCC(c2ccccc2)C1. The molecule has 1 amide bonds. The molecule has 2 aliphatic rings. The Balaban J connectivity index is 1.55. The monoisotopic (exact) mass is 306 g/mol. The van der Waals surface area contributed by atoms with Crippen molar-refractivity contribution >= 4 is 5.91 Å². The van der Waals surface area contributed by atoms with Crippen LogP contribution in [0.5, 0.6) is 0 Å². The van der Waals surface area contributed by atoms with Gasteiger partial charge >= 0.3 is 0 Å². The predicted octanol–water partition coefficient (Wildman–Crippen LogP) is 2.96. The molecular weight excluding hydrogens is 284 g/mol. The van der Waals surface area contributed by atoms with Gasteiger partial charge < -0.3 is 10.2 Å². The number of fused-ring (bicyclic) bond motifs is 1. The average Bonchev–Trinajstić information content (AvgIpc) is 3.11. The minimum Gasteiger partial charge on any atom is -0.338 e. The molecule has 1 atom stereocenters. The fourth-order valence-corrected chi connectivity index (χ4v) is 3.83. The van der Waals surface area contributed by atoms with Crippen molar-refractivity contribution in [2.75, 3.05) is 19.6 Å². The summed E-state index contributed by atoms with van der Waals surface area (Å²) in [7, 11) is 0. The van der Waals surface area contributed by atoms with Crippen molar-refractivity contribution in [3.8, 4) is 0 Å². The van der Waals surface area contributed by atoms with Crippen LogP contribution in [-0.2, 0) is 13.0 Å². The summed E-state index contributed by atoms with van der Waals surface area (Å²) >= 11 is 0. The van der Waals surface area contributed by atoms with Gasteiger partial charge in [-0.25, -0.2) is 0 Å². The van der Waals surface area contributed by atoms with Crippen LogP contribution < -0.4 is 5.32 Å². The number of nitrogens with one attached hydrogen (secondary N) is 1. The highest BCUT2D eigenvalue weighted by Gasteiger charge is 2.29. The van der Waals surface area contributed by atoms with Gasteiger partial charge in [0.25, 0.3) is 5.91 Å². The highest BCUT2D eigenvalue weighted by atomic mass is 16.2. The zero-order valence-corrected chi connectivity index (χ0v) is 13.3. The fraction of sp³-hybridized carbons (Fsp3) is 0.350. The number of amides is 1. The fourth-order valence-electron chi connectivity index (χ4n) is 3.83. The standard InChI is InChI=1S/C20H22N2O/c23-20(18-8-4-7-16-9-11-21-13-19(16)18)22-12-10-17(14-22)15-5-2-1-3-6-15/h1-8,17,21H,9-14H2. The van der Waals surface area contributed by atoms with E-state index in [-0.39, 0.29) is 5.91 Å². The molecule has 1 unspecified atom stereocenters. The Kier molecular flexibility index (Phi) is 3.88. The van der Waals surface area contributed by atoms with Crippen molar-refractivity contribution in [2.24, 2.45) is 0 Å². The molecule has 4 rings (SSSR count). The molecule has 2 aromatic carbocycles. The highest BCUT2D eigenvalue weighted by molar-refractivity contribution is 5.96. The van der Waals surface area contributed by atoms with Gasteiger partial charge in [0.1, 0.15) is 0 Å². The maximum atomic E-state index is 13.0.